The molecular weight excluding hydrogens is 320 g/mol. The molecular formula is C15H19BrN2O2. The fourth-order valence-electron chi connectivity index (χ4n) is 2.08. The van der Waals surface area contributed by atoms with Crippen molar-refractivity contribution in [1.82, 2.24) is 9.55 Å². The molecule has 0 amide bonds. The van der Waals surface area contributed by atoms with Gasteiger partial charge in [0.25, 0.3) is 0 Å². The minimum Gasteiger partial charge on any atom is -0.497 e. The SMILES string of the molecule is COc1cc(CCc2nc(C)n(C)c2Br)cc(OC)c1. The molecule has 0 spiro atoms. The van der Waals surface area contributed by atoms with Gasteiger partial charge in [-0.3, -0.25) is 0 Å². The summed E-state index contributed by atoms with van der Waals surface area (Å²) in [6.07, 6.45) is 1.77. The molecule has 0 saturated heterocycles. The van der Waals surface area contributed by atoms with Crippen molar-refractivity contribution in [3.8, 4) is 11.5 Å². The van der Waals surface area contributed by atoms with Gasteiger partial charge in [-0.2, -0.15) is 0 Å². The fourth-order valence-corrected chi connectivity index (χ4v) is 2.63. The Labute approximate surface area is 127 Å². The Hall–Kier alpha value is -1.49. The van der Waals surface area contributed by atoms with Gasteiger partial charge in [-0.1, -0.05) is 0 Å². The van der Waals surface area contributed by atoms with Crippen molar-refractivity contribution in [2.45, 2.75) is 19.8 Å². The summed E-state index contributed by atoms with van der Waals surface area (Å²) in [6, 6.07) is 5.95. The molecule has 0 saturated carbocycles. The molecule has 1 aromatic heterocycles. The van der Waals surface area contributed by atoms with Crippen LogP contribution in [-0.2, 0) is 19.9 Å². The number of ether oxygens (including phenoxy) is 2. The lowest BCUT2D eigenvalue weighted by atomic mass is 10.1. The van der Waals surface area contributed by atoms with Crippen LogP contribution in [0, 0.1) is 6.92 Å². The summed E-state index contributed by atoms with van der Waals surface area (Å²) in [6.45, 7) is 2.00. The van der Waals surface area contributed by atoms with E-state index in [1.165, 1.54) is 5.56 Å². The number of nitrogens with zero attached hydrogens (tertiary/aromatic N) is 2. The maximum absolute atomic E-state index is 5.29. The second kappa shape index (κ2) is 6.31. The van der Waals surface area contributed by atoms with Crippen LogP contribution in [0.15, 0.2) is 22.8 Å². The number of benzene rings is 1. The lowest BCUT2D eigenvalue weighted by Gasteiger charge is -2.08. The summed E-state index contributed by atoms with van der Waals surface area (Å²) in [4.78, 5) is 4.56. The monoisotopic (exact) mass is 338 g/mol. The highest BCUT2D eigenvalue weighted by Crippen LogP contribution is 2.24. The van der Waals surface area contributed by atoms with Crippen LogP contribution in [0.5, 0.6) is 11.5 Å². The molecule has 4 nitrogen and oxygen atoms in total. The molecule has 2 aromatic rings. The Kier molecular flexibility index (Phi) is 4.70. The lowest BCUT2D eigenvalue weighted by molar-refractivity contribution is 0.393. The molecule has 20 heavy (non-hydrogen) atoms. The van der Waals surface area contributed by atoms with E-state index in [9.17, 15) is 0 Å². The molecule has 0 aliphatic carbocycles. The summed E-state index contributed by atoms with van der Waals surface area (Å²) in [5.74, 6) is 2.64. The van der Waals surface area contributed by atoms with Gasteiger partial charge >= 0.3 is 0 Å². The second-order valence-corrected chi connectivity index (χ2v) is 5.43. The maximum atomic E-state index is 5.29. The van der Waals surface area contributed by atoms with E-state index >= 15 is 0 Å². The summed E-state index contributed by atoms with van der Waals surface area (Å²) >= 11 is 3.58. The van der Waals surface area contributed by atoms with Gasteiger partial charge in [0.15, 0.2) is 0 Å². The highest BCUT2D eigenvalue weighted by molar-refractivity contribution is 9.10. The summed E-state index contributed by atoms with van der Waals surface area (Å²) in [5, 5.41) is 0. The maximum Gasteiger partial charge on any atom is 0.122 e. The van der Waals surface area contributed by atoms with Crippen LogP contribution >= 0.6 is 15.9 Å². The van der Waals surface area contributed by atoms with Crippen molar-refractivity contribution in [3.05, 3.63) is 39.9 Å². The van der Waals surface area contributed by atoms with Crippen LogP contribution < -0.4 is 9.47 Å². The zero-order valence-electron chi connectivity index (χ0n) is 12.2. The molecule has 0 unspecified atom stereocenters. The van der Waals surface area contributed by atoms with Crippen molar-refractivity contribution in [3.63, 3.8) is 0 Å². The zero-order chi connectivity index (χ0) is 14.7. The van der Waals surface area contributed by atoms with E-state index in [1.54, 1.807) is 14.2 Å². The van der Waals surface area contributed by atoms with Gasteiger partial charge in [-0.15, -0.1) is 0 Å². The van der Waals surface area contributed by atoms with Crippen LogP contribution in [0.2, 0.25) is 0 Å². The van der Waals surface area contributed by atoms with E-state index in [1.807, 2.05) is 36.7 Å². The first-order valence-electron chi connectivity index (χ1n) is 6.44. The number of imidazole rings is 1. The third kappa shape index (κ3) is 3.15. The minimum absolute atomic E-state index is 0.815. The van der Waals surface area contributed by atoms with Crippen LogP contribution in [0.25, 0.3) is 0 Å². The van der Waals surface area contributed by atoms with Crippen molar-refractivity contribution < 1.29 is 9.47 Å². The molecule has 0 radical (unpaired) electrons. The average Bonchev–Trinajstić information content (AvgIpc) is 2.71. The number of aromatic nitrogens is 2. The van der Waals surface area contributed by atoms with Gasteiger partial charge in [0.1, 0.15) is 21.9 Å². The van der Waals surface area contributed by atoms with Crippen molar-refractivity contribution in [2.75, 3.05) is 14.2 Å². The van der Waals surface area contributed by atoms with Gasteiger partial charge in [0.2, 0.25) is 0 Å². The standard InChI is InChI=1S/C15H19BrN2O2/c1-10-17-14(15(16)18(10)2)6-5-11-7-12(19-3)9-13(8-11)20-4/h7-9H,5-6H2,1-4H3. The minimum atomic E-state index is 0.815. The molecule has 2 rings (SSSR count). The number of methoxy groups -OCH3 is 2. The third-order valence-corrected chi connectivity index (χ3v) is 4.37. The Morgan fingerprint density at radius 3 is 2.15 bits per heavy atom. The predicted molar refractivity (Wildman–Crippen MR) is 82.6 cm³/mol. The van der Waals surface area contributed by atoms with Crippen LogP contribution in [0.4, 0.5) is 0 Å². The van der Waals surface area contributed by atoms with Crippen LogP contribution in [-0.4, -0.2) is 23.8 Å². The number of aryl methyl sites for hydroxylation is 3. The lowest BCUT2D eigenvalue weighted by Crippen LogP contribution is -1.96. The molecule has 0 aliphatic rings. The quantitative estimate of drug-likeness (QED) is 0.839. The Morgan fingerprint density at radius 2 is 1.70 bits per heavy atom. The van der Waals surface area contributed by atoms with Crippen molar-refractivity contribution in [2.24, 2.45) is 7.05 Å². The van der Waals surface area contributed by atoms with E-state index in [-0.39, 0.29) is 0 Å². The Morgan fingerprint density at radius 1 is 1.10 bits per heavy atom. The van der Waals surface area contributed by atoms with E-state index in [4.69, 9.17) is 9.47 Å². The first kappa shape index (κ1) is 14.9. The molecule has 108 valence electrons. The molecule has 5 heteroatoms. The van der Waals surface area contributed by atoms with E-state index in [2.05, 4.69) is 20.9 Å². The summed E-state index contributed by atoms with van der Waals surface area (Å²) < 4.78 is 13.7. The molecule has 1 heterocycles. The smallest absolute Gasteiger partial charge is 0.122 e. The first-order chi connectivity index (χ1) is 9.55. The van der Waals surface area contributed by atoms with E-state index < -0.39 is 0 Å². The van der Waals surface area contributed by atoms with Gasteiger partial charge in [0, 0.05) is 13.1 Å². The molecule has 0 aliphatic heterocycles. The number of rotatable bonds is 5. The number of hydrogen-bond donors (Lipinski definition) is 0. The second-order valence-electron chi connectivity index (χ2n) is 4.68. The van der Waals surface area contributed by atoms with Gasteiger partial charge in [0.05, 0.1) is 19.9 Å². The van der Waals surface area contributed by atoms with Crippen molar-refractivity contribution in [1.29, 1.82) is 0 Å². The highest BCUT2D eigenvalue weighted by Gasteiger charge is 2.10. The van der Waals surface area contributed by atoms with Crippen LogP contribution in [0.3, 0.4) is 0 Å². The summed E-state index contributed by atoms with van der Waals surface area (Å²) in [5.41, 5.74) is 2.25. The largest absolute Gasteiger partial charge is 0.497 e. The first-order valence-corrected chi connectivity index (χ1v) is 7.24. The third-order valence-electron chi connectivity index (χ3n) is 3.38. The zero-order valence-corrected chi connectivity index (χ0v) is 13.8. The highest BCUT2D eigenvalue weighted by atomic mass is 79.9. The molecule has 1 aromatic carbocycles. The topological polar surface area (TPSA) is 36.3 Å². The normalized spacial score (nSPS) is 10.7. The predicted octanol–water partition coefficient (Wildman–Crippen LogP) is 3.29. The molecule has 0 fully saturated rings. The van der Waals surface area contributed by atoms with E-state index in [0.717, 1.165) is 40.5 Å². The average molecular weight is 339 g/mol. The molecule has 0 bridgehead atoms. The Bertz CT molecular complexity index is 586. The number of hydrogen-bond acceptors (Lipinski definition) is 3. The molecule has 0 N–H and O–H groups in total. The summed E-state index contributed by atoms with van der Waals surface area (Å²) in [7, 11) is 5.33. The van der Waals surface area contributed by atoms with Crippen molar-refractivity contribution >= 4 is 15.9 Å². The Balaban J connectivity index is 2.16. The van der Waals surface area contributed by atoms with Gasteiger partial charge < -0.3 is 14.0 Å². The van der Waals surface area contributed by atoms with E-state index in [0.29, 0.717) is 0 Å². The number of halogens is 1. The van der Waals surface area contributed by atoms with Gasteiger partial charge in [-0.05, 0) is 53.4 Å². The van der Waals surface area contributed by atoms with Gasteiger partial charge in [-0.25, -0.2) is 4.98 Å². The van der Waals surface area contributed by atoms with Crippen LogP contribution in [0.1, 0.15) is 17.1 Å². The molecule has 0 atom stereocenters. The fraction of sp³-hybridized carbons (Fsp3) is 0.400.